The molecule has 0 aliphatic carbocycles. The maximum absolute atomic E-state index is 11.2. The summed E-state index contributed by atoms with van der Waals surface area (Å²) >= 11 is 0. The smallest absolute Gasteiger partial charge is 0.119 e. The van der Waals surface area contributed by atoms with Crippen LogP contribution >= 0.6 is 17.0 Å². The summed E-state index contributed by atoms with van der Waals surface area (Å²) in [6.07, 6.45) is 4.97. The molecule has 3 fully saturated rings. The Morgan fingerprint density at radius 1 is 1.36 bits per heavy atom. The zero-order chi connectivity index (χ0) is 16.7. The van der Waals surface area contributed by atoms with Gasteiger partial charge in [0.2, 0.25) is 0 Å². The number of hydrogen-bond acceptors (Lipinski definition) is 4. The molecule has 0 radical (unpaired) electrons. The fourth-order valence-electron chi connectivity index (χ4n) is 4.71. The number of hydrogen-bond donors (Lipinski definition) is 1. The van der Waals surface area contributed by atoms with E-state index in [9.17, 15) is 5.11 Å². The van der Waals surface area contributed by atoms with Gasteiger partial charge in [0.05, 0.1) is 18.7 Å². The molecule has 5 rings (SSSR count). The maximum atomic E-state index is 11.2. The summed E-state index contributed by atoms with van der Waals surface area (Å²) in [6, 6.07) is 8.07. The molecule has 5 heteroatoms. The van der Waals surface area contributed by atoms with Gasteiger partial charge in [-0.05, 0) is 61.1 Å². The minimum atomic E-state index is -0.469. The third-order valence-electron chi connectivity index (χ3n) is 6.13. The number of fused-ring (bicyclic) bond motifs is 4. The van der Waals surface area contributed by atoms with Crippen LogP contribution < -0.4 is 4.74 Å². The molecule has 0 spiro atoms. The van der Waals surface area contributed by atoms with Gasteiger partial charge in [-0.15, -0.1) is 17.0 Å². The van der Waals surface area contributed by atoms with Crippen LogP contribution in [0.4, 0.5) is 0 Å². The highest BCUT2D eigenvalue weighted by Crippen LogP contribution is 2.42. The van der Waals surface area contributed by atoms with E-state index in [-0.39, 0.29) is 23.0 Å². The normalized spacial score (nSPS) is 29.2. The first kappa shape index (κ1) is 18.6. The van der Waals surface area contributed by atoms with E-state index in [1.807, 2.05) is 24.3 Å². The second-order valence-electron chi connectivity index (χ2n) is 7.24. The Labute approximate surface area is 160 Å². The van der Waals surface area contributed by atoms with Crippen LogP contribution in [0.1, 0.15) is 37.9 Å². The van der Waals surface area contributed by atoms with Crippen LogP contribution in [-0.2, 0) is 0 Å². The number of aliphatic hydroxyl groups is 1. The van der Waals surface area contributed by atoms with E-state index in [1.54, 1.807) is 13.3 Å². The summed E-state index contributed by atoms with van der Waals surface area (Å²) < 4.78 is 5.36. The third-order valence-corrected chi connectivity index (χ3v) is 6.13. The average Bonchev–Trinajstić information content (AvgIpc) is 2.66. The molecular formula is C20H27BrN2O2. The number of piperidine rings is 3. The number of nitrogens with zero attached hydrogens (tertiary/aromatic N) is 2. The molecule has 4 nitrogen and oxygen atoms in total. The van der Waals surface area contributed by atoms with Crippen molar-refractivity contribution >= 4 is 27.9 Å². The van der Waals surface area contributed by atoms with Crippen molar-refractivity contribution in [2.75, 3.05) is 20.2 Å². The lowest BCUT2D eigenvalue weighted by atomic mass is 9.72. The van der Waals surface area contributed by atoms with E-state index in [0.29, 0.717) is 0 Å². The lowest BCUT2D eigenvalue weighted by Crippen LogP contribution is -2.55. The molecule has 136 valence electrons. The largest absolute Gasteiger partial charge is 0.497 e. The van der Waals surface area contributed by atoms with Crippen LogP contribution in [0.25, 0.3) is 10.9 Å². The van der Waals surface area contributed by atoms with Crippen molar-refractivity contribution in [3.63, 3.8) is 0 Å². The fourth-order valence-corrected chi connectivity index (χ4v) is 4.71. The number of halogens is 1. The molecule has 25 heavy (non-hydrogen) atoms. The number of ether oxygens (including phenoxy) is 1. The molecule has 2 bridgehead atoms. The van der Waals surface area contributed by atoms with E-state index < -0.39 is 6.10 Å². The number of aromatic nitrogens is 1. The van der Waals surface area contributed by atoms with E-state index in [1.165, 1.54) is 12.8 Å². The van der Waals surface area contributed by atoms with Crippen molar-refractivity contribution in [2.24, 2.45) is 11.8 Å². The number of aliphatic hydroxyl groups excluding tert-OH is 1. The van der Waals surface area contributed by atoms with Gasteiger partial charge in [0.1, 0.15) is 5.75 Å². The zero-order valence-electron chi connectivity index (χ0n) is 14.9. The molecule has 1 aromatic heterocycles. The predicted molar refractivity (Wildman–Crippen MR) is 105 cm³/mol. The molecule has 2 aromatic rings. The number of rotatable bonds is 4. The number of pyridine rings is 1. The molecule has 0 amide bonds. The quantitative estimate of drug-likeness (QED) is 0.833. The Morgan fingerprint density at radius 3 is 2.88 bits per heavy atom. The zero-order valence-corrected chi connectivity index (χ0v) is 16.6. The monoisotopic (exact) mass is 406 g/mol. The highest BCUT2D eigenvalue weighted by molar-refractivity contribution is 8.93. The molecule has 1 N–H and O–H groups in total. The standard InChI is InChI=1S/C20H26N2O2.BrH/c1-3-13-12-22-9-7-14(13)10-19(22)20(23)16-6-8-21-18-5-4-15(24-2)11-17(16)18;/h4-6,8,11,13-14,19-20,23H,3,7,9-10,12H2,1-2H3;1H. The topological polar surface area (TPSA) is 45.6 Å². The van der Waals surface area contributed by atoms with Crippen molar-refractivity contribution in [1.82, 2.24) is 9.88 Å². The van der Waals surface area contributed by atoms with Gasteiger partial charge in [-0.25, -0.2) is 0 Å². The van der Waals surface area contributed by atoms with Crippen LogP contribution in [0.5, 0.6) is 5.75 Å². The van der Waals surface area contributed by atoms with Crippen molar-refractivity contribution in [3.8, 4) is 5.75 Å². The number of methoxy groups -OCH3 is 1. The highest BCUT2D eigenvalue weighted by Gasteiger charge is 2.42. The van der Waals surface area contributed by atoms with Gasteiger partial charge in [0, 0.05) is 24.2 Å². The van der Waals surface area contributed by atoms with E-state index in [0.717, 1.165) is 53.6 Å². The second-order valence-corrected chi connectivity index (χ2v) is 7.24. The minimum Gasteiger partial charge on any atom is -0.497 e. The van der Waals surface area contributed by atoms with Crippen molar-refractivity contribution in [2.45, 2.75) is 38.3 Å². The predicted octanol–water partition coefficient (Wildman–Crippen LogP) is 3.98. The molecule has 3 aliphatic rings. The van der Waals surface area contributed by atoms with Gasteiger partial charge in [0.15, 0.2) is 0 Å². The van der Waals surface area contributed by atoms with E-state index in [4.69, 9.17) is 4.74 Å². The molecule has 1 aromatic carbocycles. The van der Waals surface area contributed by atoms with Gasteiger partial charge in [-0.2, -0.15) is 0 Å². The molecule has 5 unspecified atom stereocenters. The summed E-state index contributed by atoms with van der Waals surface area (Å²) in [7, 11) is 1.67. The van der Waals surface area contributed by atoms with Crippen LogP contribution in [-0.4, -0.2) is 41.2 Å². The Hall–Kier alpha value is -1.17. The first-order chi connectivity index (χ1) is 11.7. The Morgan fingerprint density at radius 2 is 2.20 bits per heavy atom. The molecule has 3 saturated heterocycles. The Kier molecular flexibility index (Phi) is 5.66. The van der Waals surface area contributed by atoms with Crippen LogP contribution in [0.15, 0.2) is 30.5 Å². The van der Waals surface area contributed by atoms with E-state index in [2.05, 4.69) is 16.8 Å². The van der Waals surface area contributed by atoms with Crippen LogP contribution in [0, 0.1) is 11.8 Å². The average molecular weight is 407 g/mol. The summed E-state index contributed by atoms with van der Waals surface area (Å²) in [5, 5.41) is 12.2. The summed E-state index contributed by atoms with van der Waals surface area (Å²) in [5.74, 6) is 2.37. The molecule has 3 aliphatic heterocycles. The maximum Gasteiger partial charge on any atom is 0.119 e. The lowest BCUT2D eigenvalue weighted by molar-refractivity contribution is -0.0562. The fraction of sp³-hybridized carbons (Fsp3) is 0.550. The van der Waals surface area contributed by atoms with Gasteiger partial charge < -0.3 is 9.84 Å². The molecule has 4 heterocycles. The molecule has 0 saturated carbocycles. The van der Waals surface area contributed by atoms with Crippen LogP contribution in [0.2, 0.25) is 0 Å². The van der Waals surface area contributed by atoms with E-state index >= 15 is 0 Å². The lowest BCUT2D eigenvalue weighted by Gasteiger charge is -2.51. The summed E-state index contributed by atoms with van der Waals surface area (Å²) in [4.78, 5) is 6.94. The first-order valence-corrected chi connectivity index (χ1v) is 9.06. The van der Waals surface area contributed by atoms with Crippen molar-refractivity contribution in [1.29, 1.82) is 0 Å². The van der Waals surface area contributed by atoms with Gasteiger partial charge >= 0.3 is 0 Å². The molecule has 5 atom stereocenters. The second kappa shape index (κ2) is 7.60. The highest BCUT2D eigenvalue weighted by atomic mass is 79.9. The first-order valence-electron chi connectivity index (χ1n) is 9.06. The summed E-state index contributed by atoms with van der Waals surface area (Å²) in [5.41, 5.74) is 1.89. The summed E-state index contributed by atoms with van der Waals surface area (Å²) in [6.45, 7) is 4.55. The van der Waals surface area contributed by atoms with Gasteiger partial charge in [0.25, 0.3) is 0 Å². The van der Waals surface area contributed by atoms with Gasteiger partial charge in [-0.3, -0.25) is 9.88 Å². The SMILES string of the molecule is Br.CCC1CN2CCC1CC2C(O)c1ccnc2ccc(OC)cc12. The minimum absolute atomic E-state index is 0. The number of benzene rings is 1. The van der Waals surface area contributed by atoms with Crippen molar-refractivity contribution < 1.29 is 9.84 Å². The van der Waals surface area contributed by atoms with Gasteiger partial charge in [-0.1, -0.05) is 13.3 Å². The Balaban J connectivity index is 0.00000182. The molecular weight excluding hydrogens is 380 g/mol. The third kappa shape index (κ3) is 3.29. The Bertz CT molecular complexity index is 739. The van der Waals surface area contributed by atoms with Crippen molar-refractivity contribution in [3.05, 3.63) is 36.0 Å². The van der Waals surface area contributed by atoms with Crippen LogP contribution in [0.3, 0.4) is 0 Å².